The lowest BCUT2D eigenvalue weighted by Gasteiger charge is -2.27. The number of hydrogen-bond donors (Lipinski definition) is 0. The molecule has 0 saturated carbocycles. The largest absolute Gasteiger partial charge is 0.432 e. The molecule has 28 heavy (non-hydrogen) atoms. The van der Waals surface area contributed by atoms with Gasteiger partial charge in [-0.1, -0.05) is 22.6 Å². The van der Waals surface area contributed by atoms with Crippen molar-refractivity contribution < 1.29 is 44.9 Å². The summed E-state index contributed by atoms with van der Waals surface area (Å²) in [5.74, 6) is -10.0. The van der Waals surface area contributed by atoms with E-state index < -0.39 is 52.8 Å². The van der Waals surface area contributed by atoms with Crippen LogP contribution in [-0.2, 0) is 15.6 Å². The molecule has 1 saturated heterocycles. The molecular formula is C17H10F7IO3. The first-order valence-corrected chi connectivity index (χ1v) is 8.91. The van der Waals surface area contributed by atoms with Gasteiger partial charge in [0.25, 0.3) is 0 Å². The van der Waals surface area contributed by atoms with Crippen LogP contribution in [-0.4, -0.2) is 17.1 Å². The van der Waals surface area contributed by atoms with Crippen molar-refractivity contribution in [2.45, 2.75) is 16.3 Å². The fourth-order valence-electron chi connectivity index (χ4n) is 2.47. The fourth-order valence-corrected chi connectivity index (χ4v) is 2.88. The minimum absolute atomic E-state index is 0.0250. The Labute approximate surface area is 167 Å². The number of benzene rings is 2. The molecule has 1 aliphatic heterocycles. The molecule has 0 bridgehead atoms. The molecule has 3 nitrogen and oxygen atoms in total. The molecule has 152 valence electrons. The topological polar surface area (TPSA) is 27.7 Å². The van der Waals surface area contributed by atoms with Crippen LogP contribution in [0.5, 0.6) is 5.75 Å². The Kier molecular flexibility index (Phi) is 6.05. The number of alkyl halides is 3. The van der Waals surface area contributed by atoms with Crippen LogP contribution in [0.3, 0.4) is 0 Å². The second-order valence-electron chi connectivity index (χ2n) is 5.78. The second-order valence-corrected chi connectivity index (χ2v) is 7.54. The van der Waals surface area contributed by atoms with Crippen LogP contribution in [0.2, 0.25) is 0 Å². The molecule has 2 aromatic rings. The van der Waals surface area contributed by atoms with Gasteiger partial charge in [-0.3, -0.25) is 0 Å². The lowest BCUT2D eigenvalue weighted by molar-refractivity contribution is -0.190. The summed E-state index contributed by atoms with van der Waals surface area (Å²) in [6.07, 6.45) is -5.79. The van der Waals surface area contributed by atoms with Crippen molar-refractivity contribution in [1.29, 1.82) is 0 Å². The predicted octanol–water partition coefficient (Wildman–Crippen LogP) is 5.36. The maximum atomic E-state index is 14.2. The van der Waals surface area contributed by atoms with Crippen molar-refractivity contribution in [2.75, 3.05) is 13.2 Å². The average molecular weight is 522 g/mol. The zero-order chi connectivity index (χ0) is 20.6. The molecule has 0 unspecified atom stereocenters. The molecule has 0 aromatic heterocycles. The van der Waals surface area contributed by atoms with Gasteiger partial charge in [-0.2, -0.15) is 8.78 Å². The highest BCUT2D eigenvalue weighted by Crippen LogP contribution is 2.37. The highest BCUT2D eigenvalue weighted by atomic mass is 127. The summed E-state index contributed by atoms with van der Waals surface area (Å²) in [7, 11) is 0. The molecule has 0 atom stereocenters. The minimum atomic E-state index is -4.65. The molecular weight excluding hydrogens is 512 g/mol. The molecule has 0 radical (unpaired) electrons. The molecule has 0 spiro atoms. The Balaban J connectivity index is 1.89. The van der Waals surface area contributed by atoms with Gasteiger partial charge in [-0.15, -0.1) is 0 Å². The maximum absolute atomic E-state index is 14.2. The predicted molar refractivity (Wildman–Crippen MR) is 89.6 cm³/mol. The van der Waals surface area contributed by atoms with Crippen molar-refractivity contribution in [2.24, 2.45) is 0 Å². The summed E-state index contributed by atoms with van der Waals surface area (Å²) < 4.78 is 111. The zero-order valence-electron chi connectivity index (χ0n) is 13.6. The first-order chi connectivity index (χ1) is 13.1. The van der Waals surface area contributed by atoms with E-state index in [4.69, 9.17) is 9.47 Å². The number of rotatable bonds is 4. The fraction of sp³-hybridized carbons (Fsp3) is 0.294. The molecule has 1 heterocycles. The average Bonchev–Trinajstić information content (AvgIpc) is 2.59. The Morgan fingerprint density at radius 1 is 0.857 bits per heavy atom. The smallest absolute Gasteiger partial charge is 0.429 e. The molecule has 0 aliphatic carbocycles. The van der Waals surface area contributed by atoms with Crippen LogP contribution in [0, 0.1) is 29.1 Å². The third-order valence-corrected chi connectivity index (χ3v) is 4.41. The van der Waals surface area contributed by atoms with E-state index in [0.29, 0.717) is 12.1 Å². The normalized spacial score (nSPS) is 20.3. The van der Waals surface area contributed by atoms with Crippen molar-refractivity contribution >= 4 is 22.6 Å². The van der Waals surface area contributed by atoms with Crippen molar-refractivity contribution in [3.8, 4) is 5.75 Å². The van der Waals surface area contributed by atoms with E-state index in [-0.39, 0.29) is 34.8 Å². The summed E-state index contributed by atoms with van der Waals surface area (Å²) >= 11 is 2.04. The highest BCUT2D eigenvalue weighted by Gasteiger charge is 2.42. The van der Waals surface area contributed by atoms with Gasteiger partial charge in [-0.25, -0.2) is 22.0 Å². The number of ether oxygens (including phenoxy) is 3. The Morgan fingerprint density at radius 3 is 1.86 bits per heavy atom. The Morgan fingerprint density at radius 2 is 1.36 bits per heavy atom. The summed E-state index contributed by atoms with van der Waals surface area (Å²) in [5, 5.41) is 0. The zero-order valence-corrected chi connectivity index (χ0v) is 15.8. The van der Waals surface area contributed by atoms with Crippen LogP contribution in [0.15, 0.2) is 24.3 Å². The first kappa shape index (κ1) is 21.1. The van der Waals surface area contributed by atoms with E-state index in [2.05, 4.69) is 4.74 Å². The van der Waals surface area contributed by atoms with E-state index in [1.807, 2.05) is 22.6 Å². The molecule has 0 N–H and O–H groups in total. The van der Waals surface area contributed by atoms with E-state index in [1.165, 1.54) is 0 Å². The van der Waals surface area contributed by atoms with E-state index in [9.17, 15) is 30.7 Å². The molecule has 2 aromatic carbocycles. The monoisotopic (exact) mass is 522 g/mol. The second kappa shape index (κ2) is 8.03. The van der Waals surface area contributed by atoms with Gasteiger partial charge in [0.1, 0.15) is 22.9 Å². The van der Waals surface area contributed by atoms with Gasteiger partial charge in [0.2, 0.25) is 0 Å². The molecule has 1 aliphatic rings. The standard InChI is InChI=1S/C17H10F7IO3/c18-10-1-7(16-26-5-8(25)6-27-16)2-11(19)14(10)17(23,24)28-9-3-12(20)15(22)13(21)4-9/h1-4,8,16H,5-6H2. The van der Waals surface area contributed by atoms with Gasteiger partial charge in [0, 0.05) is 17.7 Å². The van der Waals surface area contributed by atoms with Gasteiger partial charge in [0.15, 0.2) is 23.7 Å². The van der Waals surface area contributed by atoms with Gasteiger partial charge >= 0.3 is 6.11 Å². The lowest BCUT2D eigenvalue weighted by Crippen LogP contribution is -2.28. The van der Waals surface area contributed by atoms with Crippen molar-refractivity contribution in [1.82, 2.24) is 0 Å². The summed E-state index contributed by atoms with van der Waals surface area (Å²) in [4.78, 5) is 0. The van der Waals surface area contributed by atoms with Crippen molar-refractivity contribution in [3.05, 3.63) is 64.5 Å². The Hall–Kier alpha value is -1.60. The van der Waals surface area contributed by atoms with E-state index in [1.54, 1.807) is 0 Å². The summed E-state index contributed by atoms with van der Waals surface area (Å²) in [5.41, 5.74) is -1.96. The lowest BCUT2D eigenvalue weighted by atomic mass is 10.1. The Bertz CT molecular complexity index is 839. The summed E-state index contributed by atoms with van der Waals surface area (Å²) in [6, 6.07) is 1.42. The minimum Gasteiger partial charge on any atom is -0.429 e. The van der Waals surface area contributed by atoms with Crippen LogP contribution >= 0.6 is 22.6 Å². The van der Waals surface area contributed by atoms with Crippen molar-refractivity contribution in [3.63, 3.8) is 0 Å². The molecule has 1 fully saturated rings. The first-order valence-electron chi connectivity index (χ1n) is 7.66. The maximum Gasteiger partial charge on any atom is 0.432 e. The number of hydrogen-bond acceptors (Lipinski definition) is 3. The van der Waals surface area contributed by atoms with Gasteiger partial charge in [0.05, 0.1) is 17.1 Å². The summed E-state index contributed by atoms with van der Waals surface area (Å²) in [6.45, 7) is 0.467. The van der Waals surface area contributed by atoms with Crippen LogP contribution in [0.25, 0.3) is 0 Å². The highest BCUT2D eigenvalue weighted by molar-refractivity contribution is 14.1. The van der Waals surface area contributed by atoms with Crippen LogP contribution in [0.1, 0.15) is 17.4 Å². The van der Waals surface area contributed by atoms with Crippen LogP contribution in [0.4, 0.5) is 30.7 Å². The van der Waals surface area contributed by atoms with Gasteiger partial charge in [-0.05, 0) is 12.1 Å². The molecule has 0 amide bonds. The molecule has 11 heteroatoms. The third kappa shape index (κ3) is 4.35. The molecule has 3 rings (SSSR count). The SMILES string of the molecule is Fc1cc(OC(F)(F)c2c(F)cc(C3OCC(I)CO3)cc2F)cc(F)c1F. The third-order valence-electron chi connectivity index (χ3n) is 3.69. The number of halogens is 8. The van der Waals surface area contributed by atoms with Gasteiger partial charge < -0.3 is 14.2 Å². The van der Waals surface area contributed by atoms with E-state index in [0.717, 1.165) is 0 Å². The van der Waals surface area contributed by atoms with E-state index >= 15 is 0 Å². The van der Waals surface area contributed by atoms with Crippen LogP contribution < -0.4 is 4.74 Å². The quantitative estimate of drug-likeness (QED) is 0.235.